The predicted octanol–water partition coefficient (Wildman–Crippen LogP) is 2.52. The number of aromatic nitrogens is 2. The molecule has 0 bridgehead atoms. The third kappa shape index (κ3) is 3.28. The Balaban J connectivity index is 1.95. The molecule has 0 aliphatic heterocycles. The molecule has 1 atom stereocenters. The van der Waals surface area contributed by atoms with Gasteiger partial charge in [0.2, 0.25) is 5.89 Å². The van der Waals surface area contributed by atoms with E-state index in [0.717, 1.165) is 4.90 Å². The molecule has 0 unspecified atom stereocenters. The molecule has 90 valence electrons. The SMILES string of the molecule is C[C@H](N)c1nc(CSc2ccc(F)cc2)no1. The Morgan fingerprint density at radius 2 is 2.12 bits per heavy atom. The molecule has 2 rings (SSSR count). The summed E-state index contributed by atoms with van der Waals surface area (Å²) in [6, 6.07) is 6.02. The predicted molar refractivity (Wildman–Crippen MR) is 62.9 cm³/mol. The molecule has 2 N–H and O–H groups in total. The van der Waals surface area contributed by atoms with E-state index in [1.807, 2.05) is 0 Å². The monoisotopic (exact) mass is 253 g/mol. The average Bonchev–Trinajstić information content (AvgIpc) is 2.77. The van der Waals surface area contributed by atoms with Crippen molar-refractivity contribution in [3.63, 3.8) is 0 Å². The van der Waals surface area contributed by atoms with Crippen LogP contribution in [0.3, 0.4) is 0 Å². The van der Waals surface area contributed by atoms with Crippen molar-refractivity contribution in [1.29, 1.82) is 0 Å². The van der Waals surface area contributed by atoms with Crippen LogP contribution in [-0.2, 0) is 5.75 Å². The molecule has 0 saturated carbocycles. The highest BCUT2D eigenvalue weighted by molar-refractivity contribution is 7.98. The summed E-state index contributed by atoms with van der Waals surface area (Å²) in [6.07, 6.45) is 0. The second kappa shape index (κ2) is 5.29. The van der Waals surface area contributed by atoms with Gasteiger partial charge in [-0.1, -0.05) is 5.16 Å². The molecule has 6 heteroatoms. The van der Waals surface area contributed by atoms with Crippen molar-refractivity contribution in [2.24, 2.45) is 5.73 Å². The molecule has 1 aromatic heterocycles. The lowest BCUT2D eigenvalue weighted by Crippen LogP contribution is -2.05. The van der Waals surface area contributed by atoms with Crippen LogP contribution in [0.2, 0.25) is 0 Å². The van der Waals surface area contributed by atoms with E-state index >= 15 is 0 Å². The standard InChI is InChI=1S/C11H12FN3OS/c1-7(13)11-14-10(15-16-11)6-17-9-4-2-8(12)3-5-9/h2-5,7H,6,13H2,1H3/t7-/m0/s1. The fraction of sp³-hybridized carbons (Fsp3) is 0.273. The Labute approximate surface area is 102 Å². The van der Waals surface area contributed by atoms with E-state index in [1.165, 1.54) is 23.9 Å². The van der Waals surface area contributed by atoms with Crippen LogP contribution in [0.4, 0.5) is 4.39 Å². The van der Waals surface area contributed by atoms with Gasteiger partial charge in [0.1, 0.15) is 5.82 Å². The highest BCUT2D eigenvalue weighted by atomic mass is 32.2. The lowest BCUT2D eigenvalue weighted by Gasteiger charge is -1.97. The third-order valence-corrected chi connectivity index (χ3v) is 3.06. The molecule has 17 heavy (non-hydrogen) atoms. The molecule has 0 saturated heterocycles. The van der Waals surface area contributed by atoms with Gasteiger partial charge >= 0.3 is 0 Å². The summed E-state index contributed by atoms with van der Waals surface area (Å²) >= 11 is 1.51. The van der Waals surface area contributed by atoms with Crippen molar-refractivity contribution in [3.8, 4) is 0 Å². The van der Waals surface area contributed by atoms with Gasteiger partial charge in [-0.25, -0.2) is 4.39 Å². The van der Waals surface area contributed by atoms with Gasteiger partial charge < -0.3 is 10.3 Å². The average molecular weight is 253 g/mol. The Morgan fingerprint density at radius 1 is 1.41 bits per heavy atom. The van der Waals surface area contributed by atoms with Gasteiger partial charge in [0, 0.05) is 4.90 Å². The van der Waals surface area contributed by atoms with E-state index in [2.05, 4.69) is 10.1 Å². The highest BCUT2D eigenvalue weighted by Gasteiger charge is 2.10. The maximum absolute atomic E-state index is 12.7. The van der Waals surface area contributed by atoms with Gasteiger partial charge in [-0.3, -0.25) is 0 Å². The molecule has 1 heterocycles. The topological polar surface area (TPSA) is 64.9 Å². The number of nitrogens with two attached hydrogens (primary N) is 1. The number of benzene rings is 1. The second-order valence-electron chi connectivity index (χ2n) is 3.58. The summed E-state index contributed by atoms with van der Waals surface area (Å²) in [5.74, 6) is 1.35. The molecule has 4 nitrogen and oxygen atoms in total. The minimum atomic E-state index is -0.257. The summed E-state index contributed by atoms with van der Waals surface area (Å²) in [4.78, 5) is 5.10. The van der Waals surface area contributed by atoms with E-state index in [9.17, 15) is 4.39 Å². The summed E-state index contributed by atoms with van der Waals surface area (Å²) in [6.45, 7) is 1.78. The number of rotatable bonds is 4. The van der Waals surface area contributed by atoms with Gasteiger partial charge in [0.15, 0.2) is 5.82 Å². The molecule has 1 aromatic carbocycles. The third-order valence-electron chi connectivity index (χ3n) is 2.05. The molecular formula is C11H12FN3OS. The van der Waals surface area contributed by atoms with E-state index in [1.54, 1.807) is 19.1 Å². The first-order valence-electron chi connectivity index (χ1n) is 5.11. The fourth-order valence-electron chi connectivity index (χ4n) is 1.19. The smallest absolute Gasteiger partial charge is 0.243 e. The highest BCUT2D eigenvalue weighted by Crippen LogP contribution is 2.22. The molecule has 0 spiro atoms. The zero-order chi connectivity index (χ0) is 12.3. The molecule has 0 radical (unpaired) electrons. The summed E-state index contributed by atoms with van der Waals surface area (Å²) < 4.78 is 17.7. The number of hydrogen-bond donors (Lipinski definition) is 1. The van der Waals surface area contributed by atoms with Crippen LogP contribution in [-0.4, -0.2) is 10.1 Å². The molecule has 0 fully saturated rings. The van der Waals surface area contributed by atoms with Crippen LogP contribution >= 0.6 is 11.8 Å². The van der Waals surface area contributed by atoms with Gasteiger partial charge in [0.25, 0.3) is 0 Å². The van der Waals surface area contributed by atoms with E-state index in [4.69, 9.17) is 10.3 Å². The van der Waals surface area contributed by atoms with Crippen LogP contribution in [0, 0.1) is 5.82 Å². The zero-order valence-corrected chi connectivity index (χ0v) is 10.1. The largest absolute Gasteiger partial charge is 0.338 e. The van der Waals surface area contributed by atoms with Gasteiger partial charge in [-0.2, -0.15) is 4.98 Å². The summed E-state index contributed by atoms with van der Waals surface area (Å²) in [5, 5.41) is 3.81. The number of thioether (sulfide) groups is 1. The molecule has 0 amide bonds. The number of nitrogens with zero attached hydrogens (tertiary/aromatic N) is 2. The van der Waals surface area contributed by atoms with Gasteiger partial charge in [-0.05, 0) is 31.2 Å². The fourth-order valence-corrected chi connectivity index (χ4v) is 1.93. The quantitative estimate of drug-likeness (QED) is 0.848. The number of halogens is 1. The summed E-state index contributed by atoms with van der Waals surface area (Å²) in [5.41, 5.74) is 5.61. The zero-order valence-electron chi connectivity index (χ0n) is 9.26. The van der Waals surface area contributed by atoms with Crippen molar-refractivity contribution < 1.29 is 8.91 Å². The van der Waals surface area contributed by atoms with Crippen LogP contribution in [0.25, 0.3) is 0 Å². The molecule has 2 aromatic rings. The summed E-state index contributed by atoms with van der Waals surface area (Å²) in [7, 11) is 0. The van der Waals surface area contributed by atoms with E-state index in [-0.39, 0.29) is 11.9 Å². The minimum absolute atomic E-state index is 0.242. The van der Waals surface area contributed by atoms with Crippen molar-refractivity contribution in [1.82, 2.24) is 10.1 Å². The van der Waals surface area contributed by atoms with Crippen molar-refractivity contribution >= 4 is 11.8 Å². The lowest BCUT2D eigenvalue weighted by atomic mass is 10.4. The second-order valence-corrected chi connectivity index (χ2v) is 4.63. The molecular weight excluding hydrogens is 241 g/mol. The number of hydrogen-bond acceptors (Lipinski definition) is 5. The van der Waals surface area contributed by atoms with Crippen LogP contribution in [0.15, 0.2) is 33.7 Å². The van der Waals surface area contributed by atoms with Crippen molar-refractivity contribution in [3.05, 3.63) is 41.8 Å². The Kier molecular flexibility index (Phi) is 3.75. The van der Waals surface area contributed by atoms with Crippen LogP contribution in [0.1, 0.15) is 24.7 Å². The van der Waals surface area contributed by atoms with Crippen molar-refractivity contribution in [2.45, 2.75) is 23.6 Å². The first-order chi connectivity index (χ1) is 8.15. The minimum Gasteiger partial charge on any atom is -0.338 e. The van der Waals surface area contributed by atoms with E-state index < -0.39 is 0 Å². The van der Waals surface area contributed by atoms with Crippen LogP contribution in [0.5, 0.6) is 0 Å². The maximum Gasteiger partial charge on any atom is 0.243 e. The van der Waals surface area contributed by atoms with Crippen molar-refractivity contribution in [2.75, 3.05) is 0 Å². The first-order valence-corrected chi connectivity index (χ1v) is 6.10. The molecule has 0 aliphatic rings. The normalized spacial score (nSPS) is 12.6. The Morgan fingerprint density at radius 3 is 2.71 bits per heavy atom. The molecule has 0 aliphatic carbocycles. The first kappa shape index (κ1) is 12.1. The van der Waals surface area contributed by atoms with E-state index in [0.29, 0.717) is 17.5 Å². The lowest BCUT2D eigenvalue weighted by molar-refractivity contribution is 0.358. The van der Waals surface area contributed by atoms with Crippen LogP contribution < -0.4 is 5.73 Å². The Hall–Kier alpha value is -1.40. The van der Waals surface area contributed by atoms with Gasteiger partial charge in [0.05, 0.1) is 11.8 Å². The Bertz CT molecular complexity index is 484. The maximum atomic E-state index is 12.7. The van der Waals surface area contributed by atoms with Gasteiger partial charge in [-0.15, -0.1) is 11.8 Å².